The summed E-state index contributed by atoms with van der Waals surface area (Å²) >= 11 is 1.19. The lowest BCUT2D eigenvalue weighted by Gasteiger charge is -2.27. The van der Waals surface area contributed by atoms with Crippen molar-refractivity contribution in [1.82, 2.24) is 14.2 Å². The summed E-state index contributed by atoms with van der Waals surface area (Å²) in [5, 5.41) is 4.79. The first kappa shape index (κ1) is 26.2. The van der Waals surface area contributed by atoms with Gasteiger partial charge in [0.25, 0.3) is 11.8 Å². The van der Waals surface area contributed by atoms with Gasteiger partial charge in [0.15, 0.2) is 5.13 Å². The summed E-state index contributed by atoms with van der Waals surface area (Å²) in [6.07, 6.45) is 0. The number of imide groups is 1. The quantitative estimate of drug-likeness (QED) is 0.445. The fourth-order valence-electron chi connectivity index (χ4n) is 4.56. The summed E-state index contributed by atoms with van der Waals surface area (Å²) in [5.74, 6) is -1.84. The van der Waals surface area contributed by atoms with Crippen LogP contribution in [0.15, 0.2) is 58.8 Å². The number of nitrogens with one attached hydrogen (secondary N) is 1. The second-order valence-electron chi connectivity index (χ2n) is 9.28. The Labute approximate surface area is 224 Å². The van der Waals surface area contributed by atoms with Crippen molar-refractivity contribution in [3.8, 4) is 11.3 Å². The maximum atomic E-state index is 13.3. The molecule has 2 aliphatic heterocycles. The van der Waals surface area contributed by atoms with E-state index in [1.165, 1.54) is 27.8 Å². The van der Waals surface area contributed by atoms with E-state index in [9.17, 15) is 22.8 Å². The van der Waals surface area contributed by atoms with Gasteiger partial charge in [0.2, 0.25) is 15.9 Å². The van der Waals surface area contributed by atoms with Crippen LogP contribution >= 0.6 is 11.3 Å². The molecule has 2 aliphatic rings. The molecule has 0 spiro atoms. The number of hydrogen-bond donors (Lipinski definition) is 1. The van der Waals surface area contributed by atoms with Crippen molar-refractivity contribution < 1.29 is 27.5 Å². The predicted molar refractivity (Wildman–Crippen MR) is 141 cm³/mol. The van der Waals surface area contributed by atoms with Crippen molar-refractivity contribution in [1.29, 1.82) is 0 Å². The maximum Gasteiger partial charge on any atom is 0.262 e. The number of hydrogen-bond acceptors (Lipinski definition) is 8. The number of carbonyl (C=O) groups excluding carboxylic acids is 3. The van der Waals surface area contributed by atoms with Crippen LogP contribution in [0.1, 0.15) is 34.6 Å². The Balaban J connectivity index is 1.31. The van der Waals surface area contributed by atoms with E-state index < -0.39 is 33.8 Å². The summed E-state index contributed by atoms with van der Waals surface area (Å²) in [6, 6.07) is 11.9. The number of fused-ring (bicyclic) bond motifs is 1. The molecule has 3 amide bonds. The first-order valence-corrected chi connectivity index (χ1v) is 14.4. The molecule has 12 heteroatoms. The number of rotatable bonds is 7. The molecule has 1 aromatic heterocycles. The van der Waals surface area contributed by atoms with Crippen LogP contribution in [-0.2, 0) is 19.6 Å². The van der Waals surface area contributed by atoms with Gasteiger partial charge in [-0.05, 0) is 30.2 Å². The van der Waals surface area contributed by atoms with Gasteiger partial charge in [0.1, 0.15) is 6.04 Å². The van der Waals surface area contributed by atoms with Gasteiger partial charge in [0, 0.05) is 24.0 Å². The van der Waals surface area contributed by atoms with E-state index in [1.54, 1.807) is 55.6 Å². The molecule has 2 aromatic carbocycles. The van der Waals surface area contributed by atoms with Crippen molar-refractivity contribution >= 4 is 44.2 Å². The highest BCUT2D eigenvalue weighted by Gasteiger charge is 2.44. The zero-order valence-electron chi connectivity index (χ0n) is 20.8. The van der Waals surface area contributed by atoms with E-state index in [0.29, 0.717) is 42.7 Å². The molecule has 5 rings (SSSR count). The molecule has 10 nitrogen and oxygen atoms in total. The minimum absolute atomic E-state index is 0.188. The lowest BCUT2D eigenvalue weighted by atomic mass is 10.0. The van der Waals surface area contributed by atoms with Crippen molar-refractivity contribution in [2.75, 3.05) is 31.6 Å². The molecule has 1 N–H and O–H groups in total. The van der Waals surface area contributed by atoms with Gasteiger partial charge in [-0.1, -0.05) is 38.1 Å². The number of anilines is 1. The second-order valence-corrected chi connectivity index (χ2v) is 12.1. The standard InChI is InChI=1S/C26H26N4O6S2/c1-16(2)22(30-24(32)19-5-3-4-6-20(19)25(30)33)23(31)28-26-27-21(15-37-26)17-7-9-18(10-8-17)38(34,35)29-11-13-36-14-12-29/h3-10,15-16,22H,11-14H2,1-2H3,(H,27,28,31). The molecule has 38 heavy (non-hydrogen) atoms. The van der Waals surface area contributed by atoms with Gasteiger partial charge in [-0.2, -0.15) is 4.31 Å². The number of thiazole rings is 1. The van der Waals surface area contributed by atoms with Gasteiger partial charge >= 0.3 is 0 Å². The van der Waals surface area contributed by atoms with Crippen molar-refractivity contribution in [2.24, 2.45) is 5.92 Å². The fraction of sp³-hybridized carbons (Fsp3) is 0.308. The van der Waals surface area contributed by atoms with Crippen LogP contribution in [0.4, 0.5) is 5.13 Å². The molecule has 1 saturated heterocycles. The van der Waals surface area contributed by atoms with Gasteiger partial charge in [-0.3, -0.25) is 19.3 Å². The number of morpholine rings is 1. The van der Waals surface area contributed by atoms with Crippen LogP contribution in [0, 0.1) is 5.92 Å². The van der Waals surface area contributed by atoms with Crippen molar-refractivity contribution in [3.05, 3.63) is 65.0 Å². The van der Waals surface area contributed by atoms with E-state index in [2.05, 4.69) is 10.3 Å². The minimum atomic E-state index is -3.61. The third-order valence-electron chi connectivity index (χ3n) is 6.50. The Morgan fingerprint density at radius 2 is 1.61 bits per heavy atom. The number of ether oxygens (including phenoxy) is 1. The average molecular weight is 555 g/mol. The molecule has 198 valence electrons. The lowest BCUT2D eigenvalue weighted by molar-refractivity contribution is -0.121. The van der Waals surface area contributed by atoms with Crippen LogP contribution in [0.25, 0.3) is 11.3 Å². The van der Waals surface area contributed by atoms with Gasteiger partial charge in [0.05, 0.1) is 34.9 Å². The molecule has 0 bridgehead atoms. The third kappa shape index (κ3) is 4.75. The van der Waals surface area contributed by atoms with Gasteiger partial charge < -0.3 is 10.1 Å². The number of sulfonamides is 1. The van der Waals surface area contributed by atoms with E-state index in [4.69, 9.17) is 4.74 Å². The summed E-state index contributed by atoms with van der Waals surface area (Å²) < 4.78 is 32.4. The molecule has 3 heterocycles. The van der Waals surface area contributed by atoms with Gasteiger partial charge in [-0.25, -0.2) is 13.4 Å². The Hall–Kier alpha value is -3.45. The van der Waals surface area contributed by atoms with Crippen LogP contribution in [0.2, 0.25) is 0 Å². The number of nitrogens with zero attached hydrogens (tertiary/aromatic N) is 3. The van der Waals surface area contributed by atoms with Crippen molar-refractivity contribution in [2.45, 2.75) is 24.8 Å². The molecule has 1 unspecified atom stereocenters. The Morgan fingerprint density at radius 3 is 2.18 bits per heavy atom. The second kappa shape index (κ2) is 10.4. The Kier molecular flexibility index (Phi) is 7.14. The van der Waals surface area contributed by atoms with E-state index >= 15 is 0 Å². The Bertz CT molecular complexity index is 1460. The van der Waals surface area contributed by atoms with Crippen LogP contribution in [0.5, 0.6) is 0 Å². The number of carbonyl (C=O) groups is 3. The molecule has 0 saturated carbocycles. The highest BCUT2D eigenvalue weighted by Crippen LogP contribution is 2.30. The normalized spacial score (nSPS) is 17.1. The minimum Gasteiger partial charge on any atom is -0.379 e. The van der Waals surface area contributed by atoms with Crippen molar-refractivity contribution in [3.63, 3.8) is 0 Å². The SMILES string of the molecule is CC(C)C(C(=O)Nc1nc(-c2ccc(S(=O)(=O)N3CCOCC3)cc2)cs1)N1C(=O)c2ccccc2C1=O. The van der Waals surface area contributed by atoms with Gasteiger partial charge in [-0.15, -0.1) is 11.3 Å². The molecular formula is C26H26N4O6S2. The Morgan fingerprint density at radius 1 is 1.00 bits per heavy atom. The largest absolute Gasteiger partial charge is 0.379 e. The summed E-state index contributed by atoms with van der Waals surface area (Å²) in [6.45, 7) is 4.92. The first-order chi connectivity index (χ1) is 18.2. The topological polar surface area (TPSA) is 126 Å². The third-order valence-corrected chi connectivity index (χ3v) is 9.17. The van der Waals surface area contributed by atoms with Crippen LogP contribution in [-0.4, -0.2) is 72.7 Å². The average Bonchev–Trinajstić information content (AvgIpc) is 3.48. The highest BCUT2D eigenvalue weighted by atomic mass is 32.2. The molecular weight excluding hydrogens is 528 g/mol. The number of benzene rings is 2. The number of amides is 3. The summed E-state index contributed by atoms with van der Waals surface area (Å²) in [7, 11) is -3.61. The van der Waals surface area contributed by atoms with E-state index in [1.807, 2.05) is 0 Å². The smallest absolute Gasteiger partial charge is 0.262 e. The van der Waals surface area contributed by atoms with Crippen LogP contribution in [0.3, 0.4) is 0 Å². The molecule has 1 atom stereocenters. The molecule has 0 radical (unpaired) electrons. The monoisotopic (exact) mass is 554 g/mol. The predicted octanol–water partition coefficient (Wildman–Crippen LogP) is 3.09. The number of aromatic nitrogens is 1. The molecule has 1 fully saturated rings. The molecule has 0 aliphatic carbocycles. The summed E-state index contributed by atoms with van der Waals surface area (Å²) in [5.41, 5.74) is 1.81. The zero-order chi connectivity index (χ0) is 27.0. The van der Waals surface area contributed by atoms with E-state index in [-0.39, 0.29) is 21.9 Å². The zero-order valence-corrected chi connectivity index (χ0v) is 22.4. The first-order valence-electron chi connectivity index (χ1n) is 12.1. The van der Waals surface area contributed by atoms with E-state index in [0.717, 1.165) is 4.90 Å². The summed E-state index contributed by atoms with van der Waals surface area (Å²) in [4.78, 5) is 44.9. The van der Waals surface area contributed by atoms with Crippen LogP contribution < -0.4 is 5.32 Å². The maximum absolute atomic E-state index is 13.3. The fourth-order valence-corrected chi connectivity index (χ4v) is 6.69. The lowest BCUT2D eigenvalue weighted by Crippen LogP contribution is -2.50. The highest BCUT2D eigenvalue weighted by molar-refractivity contribution is 7.89. The molecule has 3 aromatic rings.